The highest BCUT2D eigenvalue weighted by atomic mass is 35.5. The summed E-state index contributed by atoms with van der Waals surface area (Å²) < 4.78 is 5.42. The molecule has 8 heteroatoms. The molecule has 2 N–H and O–H groups in total. The second-order valence-electron chi connectivity index (χ2n) is 7.79. The number of likely N-dealkylation sites (N-methyl/N-ethyl adjacent to an activating group) is 1. The van der Waals surface area contributed by atoms with E-state index in [4.69, 9.17) is 16.3 Å². The molecule has 2 aliphatic rings. The van der Waals surface area contributed by atoms with Gasteiger partial charge in [-0.1, -0.05) is 11.6 Å². The van der Waals surface area contributed by atoms with Gasteiger partial charge in [-0.2, -0.15) is 4.98 Å². The largest absolute Gasteiger partial charge is 0.381 e. The zero-order chi connectivity index (χ0) is 20.1. The van der Waals surface area contributed by atoms with Gasteiger partial charge in [-0.25, -0.2) is 4.98 Å². The predicted molar refractivity (Wildman–Crippen MR) is 119 cm³/mol. The van der Waals surface area contributed by atoms with Crippen LogP contribution in [0, 0.1) is 5.92 Å². The number of nitrogens with one attached hydrogen (secondary N) is 2. The highest BCUT2D eigenvalue weighted by molar-refractivity contribution is 6.32. The average molecular weight is 417 g/mol. The van der Waals surface area contributed by atoms with Crippen molar-refractivity contribution in [3.63, 3.8) is 0 Å². The molecular weight excluding hydrogens is 388 g/mol. The molecule has 4 rings (SSSR count). The second kappa shape index (κ2) is 9.61. The maximum atomic E-state index is 6.29. The highest BCUT2D eigenvalue weighted by Gasteiger charge is 2.16. The Kier molecular flexibility index (Phi) is 6.69. The number of nitrogens with zero attached hydrogens (tertiary/aromatic N) is 4. The van der Waals surface area contributed by atoms with Crippen molar-refractivity contribution in [3.05, 3.63) is 35.5 Å². The summed E-state index contributed by atoms with van der Waals surface area (Å²) in [7, 11) is 2.17. The molecule has 1 aromatic carbocycles. The number of anilines is 4. The quantitative estimate of drug-likeness (QED) is 0.747. The predicted octanol–water partition coefficient (Wildman–Crippen LogP) is 3.46. The monoisotopic (exact) mass is 416 g/mol. The fourth-order valence-electron chi connectivity index (χ4n) is 3.69. The minimum absolute atomic E-state index is 0.535. The van der Waals surface area contributed by atoms with Crippen LogP contribution in [0.15, 0.2) is 30.5 Å². The van der Waals surface area contributed by atoms with Crippen LogP contribution in [0.4, 0.5) is 23.1 Å². The molecule has 2 saturated heterocycles. The summed E-state index contributed by atoms with van der Waals surface area (Å²) in [5.41, 5.74) is 2.21. The first-order chi connectivity index (χ1) is 14.2. The normalized spacial score (nSPS) is 18.6. The second-order valence-corrected chi connectivity index (χ2v) is 8.20. The first kappa shape index (κ1) is 20.2. The van der Waals surface area contributed by atoms with Crippen molar-refractivity contribution in [3.8, 4) is 0 Å². The first-order valence-corrected chi connectivity index (χ1v) is 10.7. The van der Waals surface area contributed by atoms with Gasteiger partial charge in [0.2, 0.25) is 5.95 Å². The van der Waals surface area contributed by atoms with Crippen LogP contribution in [0.1, 0.15) is 12.8 Å². The molecule has 2 fully saturated rings. The van der Waals surface area contributed by atoms with Crippen LogP contribution in [0.3, 0.4) is 0 Å². The van der Waals surface area contributed by atoms with Crippen molar-refractivity contribution >= 4 is 34.7 Å². The third-order valence-corrected chi connectivity index (χ3v) is 5.91. The lowest BCUT2D eigenvalue weighted by molar-refractivity contribution is 0.0699. The molecule has 0 unspecified atom stereocenters. The molecule has 2 aliphatic heterocycles. The summed E-state index contributed by atoms with van der Waals surface area (Å²) in [4.78, 5) is 13.7. The molecule has 156 valence electrons. The Morgan fingerprint density at radius 3 is 2.55 bits per heavy atom. The van der Waals surface area contributed by atoms with E-state index in [9.17, 15) is 0 Å². The van der Waals surface area contributed by atoms with E-state index in [0.717, 1.165) is 64.5 Å². The maximum absolute atomic E-state index is 6.29. The Labute approximate surface area is 177 Å². The number of ether oxygens (including phenoxy) is 1. The lowest BCUT2D eigenvalue weighted by Gasteiger charge is -2.34. The summed E-state index contributed by atoms with van der Waals surface area (Å²) >= 11 is 6.29. The van der Waals surface area contributed by atoms with Gasteiger partial charge in [0, 0.05) is 57.3 Å². The fraction of sp³-hybridized carbons (Fsp3) is 0.524. The zero-order valence-corrected chi connectivity index (χ0v) is 17.7. The van der Waals surface area contributed by atoms with Crippen LogP contribution in [0.5, 0.6) is 0 Å². The van der Waals surface area contributed by atoms with Gasteiger partial charge >= 0.3 is 0 Å². The lowest BCUT2D eigenvalue weighted by Crippen LogP contribution is -2.44. The van der Waals surface area contributed by atoms with Gasteiger partial charge in [-0.15, -0.1) is 0 Å². The molecule has 0 saturated carbocycles. The van der Waals surface area contributed by atoms with E-state index in [1.807, 2.05) is 0 Å². The molecule has 29 heavy (non-hydrogen) atoms. The van der Waals surface area contributed by atoms with E-state index in [1.165, 1.54) is 5.69 Å². The molecule has 2 aromatic rings. The van der Waals surface area contributed by atoms with Gasteiger partial charge in [0.15, 0.2) is 5.82 Å². The van der Waals surface area contributed by atoms with E-state index in [2.05, 4.69) is 61.7 Å². The topological polar surface area (TPSA) is 65.5 Å². The van der Waals surface area contributed by atoms with Gasteiger partial charge in [0.05, 0.1) is 6.20 Å². The van der Waals surface area contributed by atoms with Gasteiger partial charge in [-0.3, -0.25) is 0 Å². The van der Waals surface area contributed by atoms with E-state index in [1.54, 1.807) is 6.20 Å². The summed E-state index contributed by atoms with van der Waals surface area (Å²) in [6.45, 7) is 6.84. The Balaban J connectivity index is 1.36. The van der Waals surface area contributed by atoms with Crippen molar-refractivity contribution in [2.75, 3.05) is 68.5 Å². The number of piperazine rings is 1. The van der Waals surface area contributed by atoms with Crippen LogP contribution < -0.4 is 15.5 Å². The molecule has 1 aromatic heterocycles. The highest BCUT2D eigenvalue weighted by Crippen LogP contribution is 2.24. The number of rotatable bonds is 6. The molecule has 3 heterocycles. The number of benzene rings is 1. The van der Waals surface area contributed by atoms with Crippen molar-refractivity contribution in [1.29, 1.82) is 0 Å². The number of halogens is 1. The van der Waals surface area contributed by atoms with Gasteiger partial charge in [0.1, 0.15) is 5.02 Å². The van der Waals surface area contributed by atoms with Crippen LogP contribution in [0.25, 0.3) is 0 Å². The van der Waals surface area contributed by atoms with E-state index >= 15 is 0 Å². The summed E-state index contributed by atoms with van der Waals surface area (Å²) in [6.07, 6.45) is 3.78. The molecule has 0 aliphatic carbocycles. The van der Waals surface area contributed by atoms with E-state index in [0.29, 0.717) is 22.7 Å². The summed E-state index contributed by atoms with van der Waals surface area (Å²) in [6, 6.07) is 8.43. The van der Waals surface area contributed by atoms with Gasteiger partial charge in [-0.05, 0) is 50.1 Å². The Bertz CT molecular complexity index is 788. The Hall–Kier alpha value is -2.09. The van der Waals surface area contributed by atoms with E-state index in [-0.39, 0.29) is 0 Å². The van der Waals surface area contributed by atoms with Crippen LogP contribution >= 0.6 is 11.6 Å². The van der Waals surface area contributed by atoms with E-state index < -0.39 is 0 Å². The number of aromatic nitrogens is 2. The Morgan fingerprint density at radius 2 is 1.83 bits per heavy atom. The molecular formula is C21H29ClN6O. The SMILES string of the molecule is CN1CCN(c2ccc(Nc3ncc(Cl)c(NCC4CCOCC4)n3)cc2)CC1. The maximum Gasteiger partial charge on any atom is 0.229 e. The smallest absolute Gasteiger partial charge is 0.229 e. The first-order valence-electron chi connectivity index (χ1n) is 10.3. The van der Waals surface area contributed by atoms with Crippen molar-refractivity contribution in [2.24, 2.45) is 5.92 Å². The van der Waals surface area contributed by atoms with Gasteiger partial charge < -0.3 is 25.2 Å². The fourth-order valence-corrected chi connectivity index (χ4v) is 3.85. The Morgan fingerprint density at radius 1 is 1.10 bits per heavy atom. The minimum atomic E-state index is 0.535. The molecule has 7 nitrogen and oxygen atoms in total. The van der Waals surface area contributed by atoms with Crippen LogP contribution in [-0.2, 0) is 4.74 Å². The molecule has 0 bridgehead atoms. The average Bonchev–Trinajstić information content (AvgIpc) is 2.76. The molecule has 0 radical (unpaired) electrons. The third-order valence-electron chi connectivity index (χ3n) is 5.64. The number of hydrogen-bond donors (Lipinski definition) is 2. The van der Waals surface area contributed by atoms with Crippen LogP contribution in [0.2, 0.25) is 5.02 Å². The zero-order valence-electron chi connectivity index (χ0n) is 16.9. The van der Waals surface area contributed by atoms with Gasteiger partial charge in [0.25, 0.3) is 0 Å². The van der Waals surface area contributed by atoms with Crippen molar-refractivity contribution < 1.29 is 4.74 Å². The molecule has 0 spiro atoms. The molecule has 0 atom stereocenters. The molecule has 0 amide bonds. The third kappa shape index (κ3) is 5.50. The van der Waals surface area contributed by atoms with Crippen molar-refractivity contribution in [1.82, 2.24) is 14.9 Å². The summed E-state index contributed by atoms with van der Waals surface area (Å²) in [5.74, 6) is 1.80. The summed E-state index contributed by atoms with van der Waals surface area (Å²) in [5, 5.41) is 7.19. The lowest BCUT2D eigenvalue weighted by atomic mass is 10.0. The van der Waals surface area contributed by atoms with Crippen LogP contribution in [-0.4, -0.2) is 67.9 Å². The minimum Gasteiger partial charge on any atom is -0.381 e. The van der Waals surface area contributed by atoms with Crippen molar-refractivity contribution in [2.45, 2.75) is 12.8 Å². The number of hydrogen-bond acceptors (Lipinski definition) is 7. The standard InChI is InChI=1S/C21H29ClN6O/c1-27-8-10-28(11-9-27)18-4-2-17(3-5-18)25-21-24-15-19(22)20(26-21)23-14-16-6-12-29-13-7-16/h2-5,15-16H,6-14H2,1H3,(H2,23,24,25,26).